The highest BCUT2D eigenvalue weighted by molar-refractivity contribution is 6.19. The summed E-state index contributed by atoms with van der Waals surface area (Å²) < 4.78 is 12.6. The van der Waals surface area contributed by atoms with Crippen LogP contribution in [0, 0.1) is 6.92 Å². The largest absolute Gasteiger partial charge is 0.491 e. The quantitative estimate of drug-likeness (QED) is 0.0768. The minimum absolute atomic E-state index is 0. The first kappa shape index (κ1) is 79.2. The van der Waals surface area contributed by atoms with Gasteiger partial charge in [0.15, 0.2) is 0 Å². The third-order valence-electron chi connectivity index (χ3n) is 20.6. The lowest BCUT2D eigenvalue weighted by Crippen LogP contribution is -2.34. The molecule has 0 amide bonds. The van der Waals surface area contributed by atoms with Crippen molar-refractivity contribution in [1.29, 1.82) is 0 Å². The van der Waals surface area contributed by atoms with Crippen LogP contribution in [0.4, 0.5) is 40.3 Å². The number of anilines is 6. The van der Waals surface area contributed by atoms with E-state index in [0.717, 1.165) is 97.7 Å². The fourth-order valence-electron chi connectivity index (χ4n) is 13.8. The molecule has 99 heavy (non-hydrogen) atoms. The van der Waals surface area contributed by atoms with Gasteiger partial charge in [0.2, 0.25) is 11.9 Å². The smallest absolute Gasteiger partial charge is 0.373 e. The summed E-state index contributed by atoms with van der Waals surface area (Å²) in [5.74, 6) is 0.475. The molecule has 5 aromatic carbocycles. The van der Waals surface area contributed by atoms with Gasteiger partial charge >= 0.3 is 18.1 Å². The first-order valence-electron chi connectivity index (χ1n) is 34.6. The maximum atomic E-state index is 11.2. The molecule has 16 nitrogen and oxygen atoms in total. The Hall–Kier alpha value is -8.75. The lowest BCUT2D eigenvalue weighted by atomic mass is 9.62. The molecule has 2 aromatic heterocycles. The van der Waals surface area contributed by atoms with E-state index in [9.17, 15) is 9.59 Å². The zero-order valence-corrected chi connectivity index (χ0v) is 60.9. The fourth-order valence-corrected chi connectivity index (χ4v) is 13.8. The molecule has 0 fully saturated rings. The minimum Gasteiger partial charge on any atom is -0.491 e. The van der Waals surface area contributed by atoms with Gasteiger partial charge in [-0.3, -0.25) is 0 Å². The molecule has 0 radical (unpaired) electrons. The monoisotopic (exact) mass is 1350 g/mol. The van der Waals surface area contributed by atoms with E-state index in [2.05, 4.69) is 221 Å². The van der Waals surface area contributed by atoms with Gasteiger partial charge in [-0.05, 0) is 178 Å². The number of hydrogen-bond acceptors (Lipinski definition) is 14. The normalized spacial score (nSPS) is 16.3. The molecule has 3 aliphatic carbocycles. The number of carbonyl (C=O) groups is 2. The van der Waals surface area contributed by atoms with Crippen molar-refractivity contribution in [2.45, 2.75) is 235 Å². The SMILES string of the molecule is C.C.CCCCCCOc1cc2c(cc1N(C)c1ncc(C(=O)O)cn1)C(C)(C)CCC2(C)C.CCCCCOc1cc2c(cc1N(C)c1ncc(C(=O)O)cn1)C(C)(C)CCC2(C)C.Cc1ccc2c(c1)N=C(c1ccccc1)c1cc3c(cc1N2C)C(C)(C)CCC3(C)C.O=C=O. The van der Waals surface area contributed by atoms with Gasteiger partial charge < -0.3 is 34.4 Å². The topological polar surface area (TPSA) is 201 Å². The van der Waals surface area contributed by atoms with Crippen LogP contribution in [0.5, 0.6) is 11.5 Å². The van der Waals surface area contributed by atoms with Gasteiger partial charge in [0.25, 0.3) is 0 Å². The second kappa shape index (κ2) is 32.5. The first-order valence-corrected chi connectivity index (χ1v) is 34.6. The molecular formula is C83H112N8O8. The maximum Gasteiger partial charge on any atom is 0.373 e. The van der Waals surface area contributed by atoms with Crippen LogP contribution in [0.15, 0.2) is 115 Å². The van der Waals surface area contributed by atoms with Crippen LogP contribution in [0.2, 0.25) is 0 Å². The number of fused-ring (bicyclic) bond motifs is 5. The van der Waals surface area contributed by atoms with Gasteiger partial charge in [0.05, 0.1) is 58.5 Å². The zero-order valence-electron chi connectivity index (χ0n) is 60.9. The number of carbonyl (C=O) groups excluding carboxylic acids is 2. The van der Waals surface area contributed by atoms with Crippen molar-refractivity contribution < 1.29 is 38.9 Å². The molecule has 1 aliphatic heterocycles. The highest BCUT2D eigenvalue weighted by Gasteiger charge is 2.42. The van der Waals surface area contributed by atoms with Gasteiger partial charge in [-0.1, -0.05) is 180 Å². The number of rotatable bonds is 18. The molecule has 0 bridgehead atoms. The zero-order chi connectivity index (χ0) is 71.0. The molecule has 0 saturated carbocycles. The van der Waals surface area contributed by atoms with Gasteiger partial charge in [-0.2, -0.15) is 9.59 Å². The van der Waals surface area contributed by atoms with Crippen LogP contribution in [-0.4, -0.2) is 88.3 Å². The molecule has 532 valence electrons. The third kappa shape index (κ3) is 18.0. The molecule has 11 rings (SSSR count). The molecule has 0 atom stereocenters. The number of unbranched alkanes of at least 4 members (excludes halogenated alkanes) is 5. The molecular weight excluding hydrogens is 1240 g/mol. The van der Waals surface area contributed by atoms with Crippen molar-refractivity contribution in [2.75, 3.05) is 49.1 Å². The van der Waals surface area contributed by atoms with E-state index in [-0.39, 0.29) is 64.6 Å². The van der Waals surface area contributed by atoms with Crippen LogP contribution < -0.4 is 24.2 Å². The number of ether oxygens (including phenoxy) is 2. The number of benzene rings is 5. The summed E-state index contributed by atoms with van der Waals surface area (Å²) in [5, 5.41) is 18.3. The summed E-state index contributed by atoms with van der Waals surface area (Å²) in [6.07, 6.45) is 20.4. The predicted octanol–water partition coefficient (Wildman–Crippen LogP) is 20.4. The van der Waals surface area contributed by atoms with E-state index < -0.39 is 11.9 Å². The molecule has 3 heterocycles. The number of hydrogen-bond donors (Lipinski definition) is 2. The van der Waals surface area contributed by atoms with Crippen LogP contribution in [0.3, 0.4) is 0 Å². The summed E-state index contributed by atoms with van der Waals surface area (Å²) in [6.45, 7) is 35.9. The van der Waals surface area contributed by atoms with Crippen LogP contribution in [-0.2, 0) is 42.1 Å². The lowest BCUT2D eigenvalue weighted by molar-refractivity contribution is -0.191. The van der Waals surface area contributed by atoms with Gasteiger partial charge in [0, 0.05) is 57.1 Å². The van der Waals surface area contributed by atoms with Crippen molar-refractivity contribution in [3.8, 4) is 11.5 Å². The van der Waals surface area contributed by atoms with Crippen molar-refractivity contribution >= 4 is 64.1 Å². The predicted molar refractivity (Wildman–Crippen MR) is 403 cm³/mol. The highest BCUT2D eigenvalue weighted by atomic mass is 16.5. The molecule has 2 N–H and O–H groups in total. The summed E-state index contributed by atoms with van der Waals surface area (Å²) in [7, 11) is 5.99. The summed E-state index contributed by atoms with van der Waals surface area (Å²) in [5.41, 5.74) is 19.0. The summed E-state index contributed by atoms with van der Waals surface area (Å²) >= 11 is 0. The van der Waals surface area contributed by atoms with Gasteiger partial charge in [-0.25, -0.2) is 34.5 Å². The lowest BCUT2D eigenvalue weighted by Gasteiger charge is -2.43. The molecule has 4 aliphatic rings. The van der Waals surface area contributed by atoms with Crippen LogP contribution in [0.25, 0.3) is 0 Å². The van der Waals surface area contributed by atoms with E-state index in [1.165, 1.54) is 106 Å². The Labute approximate surface area is 591 Å². The van der Waals surface area contributed by atoms with Crippen molar-refractivity contribution in [1.82, 2.24) is 19.9 Å². The molecule has 16 heteroatoms. The number of aromatic carboxylic acids is 2. The Bertz CT molecular complexity index is 4000. The summed E-state index contributed by atoms with van der Waals surface area (Å²) in [4.78, 5) is 67.1. The fraction of sp³-hybridized carbons (Fsp3) is 0.494. The van der Waals surface area contributed by atoms with Crippen molar-refractivity contribution in [3.63, 3.8) is 0 Å². The van der Waals surface area contributed by atoms with E-state index >= 15 is 0 Å². The Morgan fingerprint density at radius 2 is 0.869 bits per heavy atom. The molecule has 0 spiro atoms. The van der Waals surface area contributed by atoms with Crippen LogP contribution >= 0.6 is 0 Å². The average Bonchev–Trinajstić information content (AvgIpc) is 1.49. The van der Waals surface area contributed by atoms with E-state index in [1.54, 1.807) is 0 Å². The van der Waals surface area contributed by atoms with E-state index in [4.69, 9.17) is 34.3 Å². The number of carboxylic acid groups (broad SMARTS) is 2. The van der Waals surface area contributed by atoms with Crippen molar-refractivity contribution in [3.05, 3.63) is 171 Å². The summed E-state index contributed by atoms with van der Waals surface area (Å²) in [6, 6.07) is 31.0. The highest BCUT2D eigenvalue weighted by Crippen LogP contribution is 2.53. The Morgan fingerprint density at radius 3 is 1.26 bits per heavy atom. The van der Waals surface area contributed by atoms with E-state index in [1.807, 2.05) is 23.9 Å². The van der Waals surface area contributed by atoms with E-state index in [0.29, 0.717) is 25.1 Å². The Balaban J connectivity index is 0.000000227. The van der Waals surface area contributed by atoms with Gasteiger partial charge in [0.1, 0.15) is 11.5 Å². The second-order valence-electron chi connectivity index (χ2n) is 30.6. The van der Waals surface area contributed by atoms with Gasteiger partial charge in [-0.15, -0.1) is 0 Å². The molecule has 7 aromatic rings. The molecule has 0 saturated heterocycles. The number of aromatic nitrogens is 4. The standard InChI is InChI=1S/C29H32N2.C26H37N3O3.C25H35N3O3.CO2.2CH4/c1-19-12-13-25-24(16-19)30-27(20-10-8-7-9-11-20)21-17-22-23(18-26(21)31(25)6)29(4,5)15-14-28(22,2)3;1-7-8-9-10-13-32-22-15-20-19(25(2,3)11-12-26(20,4)5)14-21(22)29(6)24-27-16-18(17-28-24)23(30)31;1-7-8-9-12-31-21-14-19-18(24(2,3)10-11-25(19,4)5)13-20(21)28(6)23-26-15-17(16-27-23)22(29)30;2-1-3;;/h7-13,16-18H,14-15H2,1-6H3;14-17H,7-13H2,1-6H3,(H,30,31);13-16H,7-12H2,1-6H3,(H,29,30);;2*1H4. The van der Waals surface area contributed by atoms with Crippen LogP contribution in [0.1, 0.15) is 266 Å². The first-order chi connectivity index (χ1) is 45.7. The second-order valence-corrected chi connectivity index (χ2v) is 30.6. The number of aliphatic imine (C=N–C) groups is 1. The minimum atomic E-state index is -1.04. The molecule has 0 unspecified atom stereocenters. The Kier molecular flexibility index (Phi) is 26.0. The number of carboxylic acids is 2. The number of nitrogens with zero attached hydrogens (tertiary/aromatic N) is 8. The maximum absolute atomic E-state index is 11.2. The number of aryl methyl sites for hydroxylation is 1. The van der Waals surface area contributed by atoms with Crippen molar-refractivity contribution in [2.24, 2.45) is 4.99 Å². The Morgan fingerprint density at radius 1 is 0.505 bits per heavy atom. The third-order valence-corrected chi connectivity index (χ3v) is 20.6. The average molecular weight is 1350 g/mol.